The van der Waals surface area contributed by atoms with E-state index in [0.29, 0.717) is 5.92 Å². The van der Waals surface area contributed by atoms with Gasteiger partial charge >= 0.3 is 6.09 Å². The highest BCUT2D eigenvalue weighted by atomic mass is 16.4. The zero-order valence-corrected chi connectivity index (χ0v) is 10.6. The van der Waals surface area contributed by atoms with Crippen molar-refractivity contribution in [1.29, 1.82) is 0 Å². The van der Waals surface area contributed by atoms with Crippen LogP contribution in [0.5, 0.6) is 0 Å². The zero-order chi connectivity index (χ0) is 12.7. The molecular formula is C14H21NO2. The molecule has 0 heterocycles. The first-order chi connectivity index (χ1) is 8.19. The van der Waals surface area contributed by atoms with E-state index in [1.54, 1.807) is 0 Å². The van der Waals surface area contributed by atoms with Gasteiger partial charge < -0.3 is 5.11 Å². The predicted octanol–water partition coefficient (Wildman–Crippen LogP) is 4.46. The van der Waals surface area contributed by atoms with Crippen LogP contribution >= 0.6 is 0 Å². The molecule has 0 aliphatic heterocycles. The zero-order valence-electron chi connectivity index (χ0n) is 10.6. The minimum absolute atomic E-state index is 0.443. The van der Waals surface area contributed by atoms with Crippen molar-refractivity contribution in [3.05, 3.63) is 29.8 Å². The summed E-state index contributed by atoms with van der Waals surface area (Å²) in [5.41, 5.74) is 1.84. The first kappa shape index (κ1) is 13.6. The molecule has 0 fully saturated rings. The maximum absolute atomic E-state index is 10.7. The Morgan fingerprint density at radius 3 is 2.65 bits per heavy atom. The van der Waals surface area contributed by atoms with Crippen molar-refractivity contribution in [2.75, 3.05) is 5.32 Å². The number of para-hydroxylation sites is 1. The molecule has 0 spiro atoms. The highest BCUT2D eigenvalue weighted by Crippen LogP contribution is 2.31. The van der Waals surface area contributed by atoms with E-state index in [4.69, 9.17) is 5.11 Å². The molecule has 17 heavy (non-hydrogen) atoms. The Balaban J connectivity index is 2.88. The number of hydrogen-bond donors (Lipinski definition) is 2. The van der Waals surface area contributed by atoms with Crippen molar-refractivity contribution in [2.45, 2.75) is 45.4 Å². The fourth-order valence-electron chi connectivity index (χ4n) is 2.11. The van der Waals surface area contributed by atoms with E-state index in [1.807, 2.05) is 24.3 Å². The van der Waals surface area contributed by atoms with Gasteiger partial charge in [-0.2, -0.15) is 0 Å². The second-order valence-electron chi connectivity index (χ2n) is 4.26. The van der Waals surface area contributed by atoms with E-state index < -0.39 is 6.09 Å². The number of nitrogens with one attached hydrogen (secondary N) is 1. The highest BCUT2D eigenvalue weighted by molar-refractivity contribution is 5.84. The lowest BCUT2D eigenvalue weighted by Crippen LogP contribution is -2.11. The van der Waals surface area contributed by atoms with Crippen LogP contribution in [0.15, 0.2) is 24.3 Å². The van der Waals surface area contributed by atoms with Crippen LogP contribution in [0.4, 0.5) is 10.5 Å². The summed E-state index contributed by atoms with van der Waals surface area (Å²) in [6, 6.07) is 7.69. The van der Waals surface area contributed by atoms with Crippen LogP contribution in [-0.4, -0.2) is 11.2 Å². The third kappa shape index (κ3) is 4.10. The molecule has 0 saturated carbocycles. The molecule has 1 amide bonds. The largest absolute Gasteiger partial charge is 0.465 e. The Bertz CT molecular complexity index is 363. The molecule has 1 unspecified atom stereocenters. The summed E-state index contributed by atoms with van der Waals surface area (Å²) in [5.74, 6) is 0.443. The molecule has 3 nitrogen and oxygen atoms in total. The van der Waals surface area contributed by atoms with Crippen molar-refractivity contribution in [3.8, 4) is 0 Å². The van der Waals surface area contributed by atoms with E-state index >= 15 is 0 Å². The first-order valence-electron chi connectivity index (χ1n) is 6.27. The Morgan fingerprint density at radius 1 is 1.35 bits per heavy atom. The van der Waals surface area contributed by atoms with Crippen LogP contribution in [0, 0.1) is 0 Å². The first-order valence-corrected chi connectivity index (χ1v) is 6.27. The van der Waals surface area contributed by atoms with E-state index in [9.17, 15) is 4.79 Å². The van der Waals surface area contributed by atoms with Crippen molar-refractivity contribution < 1.29 is 9.90 Å². The summed E-state index contributed by atoms with van der Waals surface area (Å²) in [4.78, 5) is 10.7. The minimum Gasteiger partial charge on any atom is -0.465 e. The number of carboxylic acid groups (broad SMARTS) is 1. The van der Waals surface area contributed by atoms with Gasteiger partial charge in [0.05, 0.1) is 0 Å². The molecule has 0 aromatic heterocycles. The normalized spacial score (nSPS) is 12.1. The molecular weight excluding hydrogens is 214 g/mol. The second-order valence-corrected chi connectivity index (χ2v) is 4.26. The van der Waals surface area contributed by atoms with Gasteiger partial charge in [0.2, 0.25) is 0 Å². The molecule has 0 aliphatic carbocycles. The summed E-state index contributed by atoms with van der Waals surface area (Å²) < 4.78 is 0. The fourth-order valence-corrected chi connectivity index (χ4v) is 2.11. The van der Waals surface area contributed by atoms with Crippen molar-refractivity contribution in [3.63, 3.8) is 0 Å². The van der Waals surface area contributed by atoms with E-state index in [1.165, 1.54) is 12.8 Å². The van der Waals surface area contributed by atoms with E-state index in [0.717, 1.165) is 24.1 Å². The predicted molar refractivity (Wildman–Crippen MR) is 70.6 cm³/mol. The Kier molecular flexibility index (Phi) is 5.53. The Labute approximate surface area is 103 Å². The van der Waals surface area contributed by atoms with Gasteiger partial charge in [-0.15, -0.1) is 0 Å². The lowest BCUT2D eigenvalue weighted by molar-refractivity contribution is 0.209. The van der Waals surface area contributed by atoms with Crippen LogP contribution in [-0.2, 0) is 0 Å². The fraction of sp³-hybridized carbons (Fsp3) is 0.500. The second kappa shape index (κ2) is 6.94. The van der Waals surface area contributed by atoms with Crippen LogP contribution in [0.2, 0.25) is 0 Å². The lowest BCUT2D eigenvalue weighted by Gasteiger charge is -2.18. The van der Waals surface area contributed by atoms with Crippen molar-refractivity contribution in [1.82, 2.24) is 0 Å². The Morgan fingerprint density at radius 2 is 2.06 bits per heavy atom. The maximum Gasteiger partial charge on any atom is 0.409 e. The standard InChI is InChI=1S/C14H21NO2/c1-3-5-8-11(4-2)12-9-6-7-10-13(12)15-14(16)17/h6-7,9-11,15H,3-5,8H2,1-2H3,(H,16,17). The third-order valence-electron chi connectivity index (χ3n) is 3.04. The molecule has 1 aromatic carbocycles. The average molecular weight is 235 g/mol. The van der Waals surface area contributed by atoms with Crippen LogP contribution in [0.1, 0.15) is 51.0 Å². The van der Waals surface area contributed by atoms with Gasteiger partial charge in [0.25, 0.3) is 0 Å². The monoisotopic (exact) mass is 235 g/mol. The average Bonchev–Trinajstić information content (AvgIpc) is 2.31. The quantitative estimate of drug-likeness (QED) is 0.764. The van der Waals surface area contributed by atoms with E-state index in [2.05, 4.69) is 19.2 Å². The SMILES string of the molecule is CCCCC(CC)c1ccccc1NC(=O)O. The van der Waals surface area contributed by atoms with Crippen LogP contribution in [0.25, 0.3) is 0 Å². The van der Waals surface area contributed by atoms with Crippen molar-refractivity contribution >= 4 is 11.8 Å². The molecule has 0 aliphatic rings. The molecule has 3 heteroatoms. The molecule has 1 atom stereocenters. The molecule has 0 bridgehead atoms. The molecule has 0 radical (unpaired) electrons. The topological polar surface area (TPSA) is 49.3 Å². The summed E-state index contributed by atoms with van der Waals surface area (Å²) in [6.07, 6.45) is 3.51. The van der Waals surface area contributed by atoms with Gasteiger partial charge in [0.15, 0.2) is 0 Å². The number of carbonyl (C=O) groups is 1. The summed E-state index contributed by atoms with van der Waals surface area (Å²) in [6.45, 7) is 4.33. The van der Waals surface area contributed by atoms with Gasteiger partial charge in [-0.1, -0.05) is 44.9 Å². The van der Waals surface area contributed by atoms with Gasteiger partial charge in [-0.05, 0) is 30.4 Å². The number of unbranched alkanes of at least 4 members (excludes halogenated alkanes) is 1. The highest BCUT2D eigenvalue weighted by Gasteiger charge is 2.13. The van der Waals surface area contributed by atoms with Gasteiger partial charge in [-0.3, -0.25) is 5.32 Å². The number of hydrogen-bond acceptors (Lipinski definition) is 1. The van der Waals surface area contributed by atoms with Gasteiger partial charge in [0, 0.05) is 5.69 Å². The third-order valence-corrected chi connectivity index (χ3v) is 3.04. The van der Waals surface area contributed by atoms with Crippen LogP contribution in [0.3, 0.4) is 0 Å². The molecule has 1 aromatic rings. The minimum atomic E-state index is -0.997. The number of benzene rings is 1. The van der Waals surface area contributed by atoms with Crippen molar-refractivity contribution in [2.24, 2.45) is 0 Å². The molecule has 0 saturated heterocycles. The molecule has 1 rings (SSSR count). The number of rotatable bonds is 6. The van der Waals surface area contributed by atoms with Crippen LogP contribution < -0.4 is 5.32 Å². The van der Waals surface area contributed by atoms with Gasteiger partial charge in [-0.25, -0.2) is 4.79 Å². The maximum atomic E-state index is 10.7. The summed E-state index contributed by atoms with van der Waals surface area (Å²) in [5, 5.41) is 11.3. The smallest absolute Gasteiger partial charge is 0.409 e. The lowest BCUT2D eigenvalue weighted by atomic mass is 9.90. The summed E-state index contributed by atoms with van der Waals surface area (Å²) in [7, 11) is 0. The number of amides is 1. The van der Waals surface area contributed by atoms with E-state index in [-0.39, 0.29) is 0 Å². The Hall–Kier alpha value is -1.51. The number of anilines is 1. The van der Waals surface area contributed by atoms with Gasteiger partial charge in [0.1, 0.15) is 0 Å². The molecule has 94 valence electrons. The summed E-state index contributed by atoms with van der Waals surface area (Å²) >= 11 is 0. The molecule has 2 N–H and O–H groups in total.